The van der Waals surface area contributed by atoms with Crippen LogP contribution in [0.5, 0.6) is 0 Å². The molecule has 2 N–H and O–H groups in total. The first kappa shape index (κ1) is 20.2. The van der Waals surface area contributed by atoms with Crippen LogP contribution in [0, 0.1) is 5.82 Å². The monoisotopic (exact) mass is 414 g/mol. The van der Waals surface area contributed by atoms with Crippen LogP contribution in [0.25, 0.3) is 0 Å². The molecule has 2 aromatic rings. The summed E-state index contributed by atoms with van der Waals surface area (Å²) in [6.45, 7) is 1.30. The molecular weight excluding hydrogens is 391 g/mol. The molecule has 158 valence electrons. The maximum Gasteiger partial charge on any atom is 0.326 e. The van der Waals surface area contributed by atoms with Gasteiger partial charge in [0.25, 0.3) is 0 Å². The van der Waals surface area contributed by atoms with Gasteiger partial charge in [-0.2, -0.15) is 0 Å². The van der Waals surface area contributed by atoms with Gasteiger partial charge in [-0.15, -0.1) is 0 Å². The number of benzene rings is 1. The van der Waals surface area contributed by atoms with Gasteiger partial charge in [-0.05, 0) is 11.6 Å². The molecule has 1 fully saturated rings. The molecule has 0 saturated carbocycles. The molecule has 0 radical (unpaired) electrons. The highest BCUT2D eigenvalue weighted by molar-refractivity contribution is 6.03. The SMILES string of the molecule is COCc1ncc2c(n1)N(C)C(C=O)N2C(=O)N1CC(c2ccc(F)c(CN)c2)C1. The number of ether oxygens (including phenoxy) is 1. The molecule has 2 aliphatic rings. The minimum atomic E-state index is -0.798. The smallest absolute Gasteiger partial charge is 0.326 e. The van der Waals surface area contributed by atoms with Crippen molar-refractivity contribution in [2.24, 2.45) is 5.73 Å². The highest BCUT2D eigenvalue weighted by atomic mass is 19.1. The van der Waals surface area contributed by atoms with E-state index in [1.54, 1.807) is 42.3 Å². The van der Waals surface area contributed by atoms with Crippen LogP contribution in [0.1, 0.15) is 22.9 Å². The number of nitrogens with zero attached hydrogens (tertiary/aromatic N) is 5. The number of methoxy groups -OCH3 is 1. The number of halogens is 1. The van der Waals surface area contributed by atoms with Crippen LogP contribution in [0.3, 0.4) is 0 Å². The fraction of sp³-hybridized carbons (Fsp3) is 0.400. The molecule has 0 spiro atoms. The molecule has 30 heavy (non-hydrogen) atoms. The lowest BCUT2D eigenvalue weighted by Gasteiger charge is -2.42. The second-order valence-electron chi connectivity index (χ2n) is 7.40. The van der Waals surface area contributed by atoms with Crippen LogP contribution >= 0.6 is 0 Å². The van der Waals surface area contributed by atoms with Crippen molar-refractivity contribution in [3.05, 3.63) is 47.2 Å². The second-order valence-corrected chi connectivity index (χ2v) is 7.40. The Bertz CT molecular complexity index is 981. The quantitative estimate of drug-likeness (QED) is 0.734. The van der Waals surface area contributed by atoms with Crippen molar-refractivity contribution < 1.29 is 18.7 Å². The van der Waals surface area contributed by atoms with Gasteiger partial charge in [0, 0.05) is 45.3 Å². The second kappa shape index (κ2) is 7.96. The topological polar surface area (TPSA) is 105 Å². The van der Waals surface area contributed by atoms with Crippen molar-refractivity contribution in [2.45, 2.75) is 25.2 Å². The summed E-state index contributed by atoms with van der Waals surface area (Å²) in [5, 5.41) is 0. The van der Waals surface area contributed by atoms with Crippen LogP contribution < -0.4 is 15.5 Å². The van der Waals surface area contributed by atoms with E-state index < -0.39 is 6.17 Å². The van der Waals surface area contributed by atoms with E-state index in [1.807, 2.05) is 0 Å². The Labute approximate surface area is 173 Å². The number of carbonyl (C=O) groups excluding carboxylic acids is 2. The highest BCUT2D eigenvalue weighted by Crippen LogP contribution is 2.38. The Balaban J connectivity index is 1.52. The Kier molecular flexibility index (Phi) is 5.35. The molecule has 3 heterocycles. The first-order valence-electron chi connectivity index (χ1n) is 9.58. The normalized spacial score (nSPS) is 18.4. The Morgan fingerprint density at radius 1 is 1.40 bits per heavy atom. The van der Waals surface area contributed by atoms with Crippen molar-refractivity contribution in [3.8, 4) is 0 Å². The van der Waals surface area contributed by atoms with Crippen LogP contribution in [-0.4, -0.2) is 60.6 Å². The van der Waals surface area contributed by atoms with Gasteiger partial charge < -0.3 is 20.3 Å². The summed E-state index contributed by atoms with van der Waals surface area (Å²) in [5.74, 6) is 0.741. The molecule has 9 nitrogen and oxygen atoms in total. The third-order valence-corrected chi connectivity index (χ3v) is 5.57. The summed E-state index contributed by atoms with van der Waals surface area (Å²) in [6, 6.07) is 4.59. The van der Waals surface area contributed by atoms with E-state index in [0.29, 0.717) is 42.3 Å². The van der Waals surface area contributed by atoms with E-state index in [0.717, 1.165) is 5.56 Å². The highest BCUT2D eigenvalue weighted by Gasteiger charge is 2.44. The van der Waals surface area contributed by atoms with Gasteiger partial charge in [0.05, 0.1) is 6.20 Å². The fourth-order valence-corrected chi connectivity index (χ4v) is 3.84. The average Bonchev–Trinajstić information content (AvgIpc) is 2.99. The number of likely N-dealkylation sites (N-methyl/N-ethyl adjacent to an activating group) is 1. The lowest BCUT2D eigenvalue weighted by Crippen LogP contribution is -2.57. The van der Waals surface area contributed by atoms with Gasteiger partial charge in [-0.25, -0.2) is 19.2 Å². The first-order valence-corrected chi connectivity index (χ1v) is 9.58. The van der Waals surface area contributed by atoms with E-state index in [4.69, 9.17) is 10.5 Å². The van der Waals surface area contributed by atoms with Crippen LogP contribution in [0.2, 0.25) is 0 Å². The molecule has 1 aromatic heterocycles. The third-order valence-electron chi connectivity index (χ3n) is 5.57. The summed E-state index contributed by atoms with van der Waals surface area (Å²) in [7, 11) is 3.25. The van der Waals surface area contributed by atoms with E-state index in [2.05, 4.69) is 9.97 Å². The Morgan fingerprint density at radius 2 is 2.17 bits per heavy atom. The largest absolute Gasteiger partial charge is 0.377 e. The molecule has 0 bridgehead atoms. The van der Waals surface area contributed by atoms with Crippen molar-refractivity contribution in [1.29, 1.82) is 0 Å². The van der Waals surface area contributed by atoms with Crippen molar-refractivity contribution in [1.82, 2.24) is 14.9 Å². The third kappa shape index (κ3) is 3.27. The molecule has 2 amide bonds. The van der Waals surface area contributed by atoms with Crippen molar-refractivity contribution in [2.75, 3.05) is 37.0 Å². The maximum atomic E-state index is 13.7. The minimum Gasteiger partial charge on any atom is -0.377 e. The Hall–Kier alpha value is -3.11. The van der Waals surface area contributed by atoms with Crippen molar-refractivity contribution in [3.63, 3.8) is 0 Å². The summed E-state index contributed by atoms with van der Waals surface area (Å²) in [4.78, 5) is 38.3. The van der Waals surface area contributed by atoms with E-state index in [-0.39, 0.29) is 30.9 Å². The molecular formula is C20H23FN6O3. The number of hydrogen-bond donors (Lipinski definition) is 1. The lowest BCUT2D eigenvalue weighted by atomic mass is 9.90. The standard InChI is InChI=1S/C20H23FN6O3/c1-25-18(10-28)27(16-7-23-17(11-30-2)24-19(16)25)20(29)26-8-14(9-26)12-3-4-15(21)13(5-12)6-22/h3-5,7,10,14,18H,6,8-9,11,22H2,1-2H3. The summed E-state index contributed by atoms with van der Waals surface area (Å²) in [6.07, 6.45) is 1.45. The number of likely N-dealkylation sites (tertiary alicyclic amines) is 1. The van der Waals surface area contributed by atoms with Crippen LogP contribution in [0.4, 0.5) is 20.7 Å². The molecule has 0 aliphatic carbocycles. The first-order chi connectivity index (χ1) is 14.5. The van der Waals surface area contributed by atoms with Gasteiger partial charge in [0.15, 0.2) is 24.1 Å². The number of aromatic nitrogens is 2. The fourth-order valence-electron chi connectivity index (χ4n) is 3.84. The van der Waals surface area contributed by atoms with Gasteiger partial charge in [0.2, 0.25) is 0 Å². The molecule has 1 saturated heterocycles. The molecule has 1 unspecified atom stereocenters. The van der Waals surface area contributed by atoms with E-state index in [1.165, 1.54) is 11.0 Å². The number of urea groups is 1. The number of nitrogens with two attached hydrogens (primary N) is 1. The summed E-state index contributed by atoms with van der Waals surface area (Å²) in [5.41, 5.74) is 7.47. The van der Waals surface area contributed by atoms with Crippen LogP contribution in [-0.2, 0) is 22.7 Å². The van der Waals surface area contributed by atoms with Crippen molar-refractivity contribution >= 4 is 23.8 Å². The average molecular weight is 414 g/mol. The number of amides is 2. The van der Waals surface area contributed by atoms with E-state index in [9.17, 15) is 14.0 Å². The predicted octanol–water partition coefficient (Wildman–Crippen LogP) is 1.22. The lowest BCUT2D eigenvalue weighted by molar-refractivity contribution is -0.108. The number of aldehydes is 1. The minimum absolute atomic E-state index is 0.0923. The Morgan fingerprint density at radius 3 is 2.83 bits per heavy atom. The molecule has 10 heteroatoms. The molecule has 4 rings (SSSR count). The molecule has 1 atom stereocenters. The number of anilines is 2. The van der Waals surface area contributed by atoms with E-state index >= 15 is 0 Å². The molecule has 1 aromatic carbocycles. The number of carbonyl (C=O) groups is 2. The number of hydrogen-bond acceptors (Lipinski definition) is 7. The van der Waals surface area contributed by atoms with Gasteiger partial charge >= 0.3 is 6.03 Å². The molecule has 2 aliphatic heterocycles. The van der Waals surface area contributed by atoms with Gasteiger partial charge in [-0.1, -0.05) is 12.1 Å². The number of rotatable bonds is 5. The van der Waals surface area contributed by atoms with Gasteiger partial charge in [-0.3, -0.25) is 9.69 Å². The van der Waals surface area contributed by atoms with Crippen LogP contribution in [0.15, 0.2) is 24.4 Å². The maximum absolute atomic E-state index is 13.7. The summed E-state index contributed by atoms with van der Waals surface area (Å²) >= 11 is 0. The number of fused-ring (bicyclic) bond motifs is 1. The zero-order valence-corrected chi connectivity index (χ0v) is 16.8. The summed E-state index contributed by atoms with van der Waals surface area (Å²) < 4.78 is 18.8. The van der Waals surface area contributed by atoms with Gasteiger partial charge in [0.1, 0.15) is 18.1 Å². The zero-order valence-electron chi connectivity index (χ0n) is 16.8. The predicted molar refractivity (Wildman–Crippen MR) is 107 cm³/mol. The zero-order chi connectivity index (χ0) is 21.4.